The molecule has 3 aromatic rings. The van der Waals surface area contributed by atoms with Crippen LogP contribution in [0.4, 0.5) is 0 Å². The second kappa shape index (κ2) is 25.0. The second-order valence-electron chi connectivity index (χ2n) is 18.5. The summed E-state index contributed by atoms with van der Waals surface area (Å²) in [7, 11) is 0. The molecule has 0 aromatic heterocycles. The number of allylic oxidation sites excluding steroid dienone is 1. The van der Waals surface area contributed by atoms with E-state index < -0.39 is 0 Å². The quantitative estimate of drug-likeness (QED) is 0.0765. The monoisotopic (exact) mass is 801 g/mol. The first-order chi connectivity index (χ1) is 27.6. The molecule has 3 rings (SSSR count). The van der Waals surface area contributed by atoms with E-state index in [1.54, 1.807) is 0 Å². The van der Waals surface area contributed by atoms with Gasteiger partial charge in [0.15, 0.2) is 0 Å². The Kier molecular flexibility index (Phi) is 20.9. The van der Waals surface area contributed by atoms with E-state index in [-0.39, 0.29) is 0 Å². The topological polar surface area (TPSA) is 55.4 Å². The largest absolute Gasteiger partial charge is 0.493 e. The molecule has 3 aromatic carbocycles. The summed E-state index contributed by atoms with van der Waals surface area (Å²) in [5, 5.41) is 0. The SMILES string of the molecule is CC=Cc1cc(OCCC(C)C)c(-c2cc(OCCC(C)C)c(-c3cc(OCCC(C)C)c(C)cc3OCCC(C)C)cc2OCCC(C)C)cc1OCCC(C)C. The first-order valence-electron chi connectivity index (χ1n) is 22.5. The van der Waals surface area contributed by atoms with Crippen LogP contribution in [0.2, 0.25) is 0 Å². The maximum atomic E-state index is 6.85. The summed E-state index contributed by atoms with van der Waals surface area (Å²) in [5.74, 6) is 7.92. The first kappa shape index (κ1) is 48.6. The molecule has 0 aliphatic rings. The zero-order valence-corrected chi connectivity index (χ0v) is 39.0. The molecule has 324 valence electrons. The van der Waals surface area contributed by atoms with Crippen LogP contribution in [-0.4, -0.2) is 39.6 Å². The standard InChI is InChI=1S/C52H80O6/c1-15-16-42-30-50(56-26-20-38(8)9)44(32-48(42)54-24-18-36(4)5)46-34-51(57-27-21-39(10)11)45(33-52(46)58-28-22-40(12)13)43-31-47(53-23-17-35(2)3)41(14)29-49(43)55-25-19-37(6)7/h15-16,29-40H,17-28H2,1-14H3. The molecule has 0 atom stereocenters. The van der Waals surface area contributed by atoms with Gasteiger partial charge in [-0.25, -0.2) is 0 Å². The van der Waals surface area contributed by atoms with Crippen LogP contribution in [0, 0.1) is 42.4 Å². The predicted molar refractivity (Wildman–Crippen MR) is 246 cm³/mol. The van der Waals surface area contributed by atoms with Crippen LogP contribution >= 0.6 is 0 Å². The zero-order valence-electron chi connectivity index (χ0n) is 39.0. The third-order valence-corrected chi connectivity index (χ3v) is 10.1. The van der Waals surface area contributed by atoms with Crippen molar-refractivity contribution in [2.24, 2.45) is 35.5 Å². The fourth-order valence-corrected chi connectivity index (χ4v) is 6.13. The smallest absolute Gasteiger partial charge is 0.128 e. The average molecular weight is 801 g/mol. The molecule has 0 heterocycles. The highest BCUT2D eigenvalue weighted by molar-refractivity contribution is 5.87. The molecule has 6 heteroatoms. The van der Waals surface area contributed by atoms with E-state index in [9.17, 15) is 0 Å². The van der Waals surface area contributed by atoms with Gasteiger partial charge in [0.05, 0.1) is 39.6 Å². The molecule has 0 saturated heterocycles. The maximum absolute atomic E-state index is 6.85. The molecule has 0 radical (unpaired) electrons. The van der Waals surface area contributed by atoms with Crippen LogP contribution in [0.15, 0.2) is 42.5 Å². The molecule has 0 fully saturated rings. The van der Waals surface area contributed by atoms with Crippen LogP contribution < -0.4 is 28.4 Å². The summed E-state index contributed by atoms with van der Waals surface area (Å²) in [6.07, 6.45) is 9.84. The van der Waals surface area contributed by atoms with Gasteiger partial charge >= 0.3 is 0 Å². The van der Waals surface area contributed by atoms with Crippen molar-refractivity contribution < 1.29 is 28.4 Å². The number of aryl methyl sites for hydroxylation is 1. The summed E-state index contributed by atoms with van der Waals surface area (Å²) in [4.78, 5) is 0. The molecular weight excluding hydrogens is 721 g/mol. The van der Waals surface area contributed by atoms with E-state index in [0.717, 1.165) is 106 Å². The molecule has 6 nitrogen and oxygen atoms in total. The van der Waals surface area contributed by atoms with Crippen LogP contribution in [0.1, 0.15) is 140 Å². The number of hydrogen-bond acceptors (Lipinski definition) is 6. The number of ether oxygens (including phenoxy) is 6. The minimum atomic E-state index is 0.487. The zero-order chi connectivity index (χ0) is 42.8. The minimum absolute atomic E-state index is 0.487. The summed E-state index contributed by atoms with van der Waals surface area (Å²) in [5.41, 5.74) is 5.73. The Labute approximate surface area is 354 Å². The Balaban J connectivity index is 2.42. The number of rotatable bonds is 27. The van der Waals surface area contributed by atoms with E-state index in [2.05, 4.69) is 139 Å². The van der Waals surface area contributed by atoms with Gasteiger partial charge in [-0.15, -0.1) is 0 Å². The van der Waals surface area contributed by atoms with Crippen molar-refractivity contribution in [3.8, 4) is 56.8 Å². The molecule has 0 aliphatic heterocycles. The lowest BCUT2D eigenvalue weighted by atomic mass is 9.94. The summed E-state index contributed by atoms with van der Waals surface area (Å²) in [6, 6.07) is 12.9. The molecule has 0 saturated carbocycles. The lowest BCUT2D eigenvalue weighted by molar-refractivity contribution is 0.278. The van der Waals surface area contributed by atoms with Gasteiger partial charge in [-0.2, -0.15) is 0 Å². The minimum Gasteiger partial charge on any atom is -0.493 e. The van der Waals surface area contributed by atoms with Crippen molar-refractivity contribution in [2.45, 2.75) is 135 Å². The van der Waals surface area contributed by atoms with Crippen molar-refractivity contribution in [3.63, 3.8) is 0 Å². The van der Waals surface area contributed by atoms with Crippen molar-refractivity contribution in [1.82, 2.24) is 0 Å². The van der Waals surface area contributed by atoms with Gasteiger partial charge < -0.3 is 28.4 Å². The number of hydrogen-bond donors (Lipinski definition) is 0. The van der Waals surface area contributed by atoms with Crippen molar-refractivity contribution in [2.75, 3.05) is 39.6 Å². The highest BCUT2D eigenvalue weighted by Gasteiger charge is 2.24. The Hall–Kier alpha value is -3.80. The van der Waals surface area contributed by atoms with Gasteiger partial charge in [0.2, 0.25) is 0 Å². The maximum Gasteiger partial charge on any atom is 0.128 e. The Morgan fingerprint density at radius 3 is 0.948 bits per heavy atom. The molecular formula is C52H80O6. The fourth-order valence-electron chi connectivity index (χ4n) is 6.13. The molecule has 0 spiro atoms. The molecule has 0 aliphatic carbocycles. The van der Waals surface area contributed by atoms with E-state index in [4.69, 9.17) is 28.4 Å². The van der Waals surface area contributed by atoms with Gasteiger partial charge in [0.1, 0.15) is 34.5 Å². The van der Waals surface area contributed by atoms with Crippen LogP contribution in [0.5, 0.6) is 34.5 Å². The van der Waals surface area contributed by atoms with Gasteiger partial charge in [-0.3, -0.25) is 0 Å². The van der Waals surface area contributed by atoms with Crippen LogP contribution in [0.3, 0.4) is 0 Å². The molecule has 0 bridgehead atoms. The summed E-state index contributed by atoms with van der Waals surface area (Å²) < 4.78 is 40.1. The normalized spacial score (nSPS) is 11.9. The van der Waals surface area contributed by atoms with Gasteiger partial charge in [0.25, 0.3) is 0 Å². The third kappa shape index (κ3) is 16.5. The van der Waals surface area contributed by atoms with Crippen molar-refractivity contribution in [3.05, 3.63) is 53.6 Å². The predicted octanol–water partition coefficient (Wildman–Crippen LogP) is 14.9. The van der Waals surface area contributed by atoms with Crippen molar-refractivity contribution in [1.29, 1.82) is 0 Å². The van der Waals surface area contributed by atoms with Gasteiger partial charge in [-0.1, -0.05) is 95.2 Å². The molecule has 0 N–H and O–H groups in total. The summed E-state index contributed by atoms with van der Waals surface area (Å²) in [6.45, 7) is 34.6. The Bertz CT molecular complexity index is 1680. The average Bonchev–Trinajstić information content (AvgIpc) is 3.13. The lowest BCUT2D eigenvalue weighted by Gasteiger charge is -2.23. The van der Waals surface area contributed by atoms with Gasteiger partial charge in [0, 0.05) is 27.8 Å². The van der Waals surface area contributed by atoms with Crippen molar-refractivity contribution >= 4 is 6.08 Å². The fraction of sp³-hybridized carbons (Fsp3) is 0.615. The third-order valence-electron chi connectivity index (χ3n) is 10.1. The second-order valence-corrected chi connectivity index (χ2v) is 18.5. The molecule has 0 unspecified atom stereocenters. The van der Waals surface area contributed by atoms with E-state index >= 15 is 0 Å². The Morgan fingerprint density at radius 2 is 0.621 bits per heavy atom. The number of benzene rings is 3. The Morgan fingerprint density at radius 1 is 0.362 bits per heavy atom. The van der Waals surface area contributed by atoms with E-state index in [1.807, 2.05) is 6.92 Å². The van der Waals surface area contributed by atoms with Crippen LogP contribution in [-0.2, 0) is 0 Å². The first-order valence-corrected chi connectivity index (χ1v) is 22.5. The van der Waals surface area contributed by atoms with E-state index in [0.29, 0.717) is 75.1 Å². The van der Waals surface area contributed by atoms with E-state index in [1.165, 1.54) is 0 Å². The highest BCUT2D eigenvalue weighted by atomic mass is 16.5. The molecule has 58 heavy (non-hydrogen) atoms. The molecule has 0 amide bonds. The lowest BCUT2D eigenvalue weighted by Crippen LogP contribution is -2.08. The van der Waals surface area contributed by atoms with Gasteiger partial charge in [-0.05, 0) is 130 Å². The highest BCUT2D eigenvalue weighted by Crippen LogP contribution is 2.49. The summed E-state index contributed by atoms with van der Waals surface area (Å²) >= 11 is 0. The van der Waals surface area contributed by atoms with Crippen LogP contribution in [0.25, 0.3) is 28.3 Å².